The summed E-state index contributed by atoms with van der Waals surface area (Å²) in [6, 6.07) is 5.33. The molecule has 132 valence electrons. The molecular weight excluding hydrogens is 317 g/mol. The predicted molar refractivity (Wildman–Crippen MR) is 85.2 cm³/mol. The Morgan fingerprint density at radius 2 is 2.04 bits per heavy atom. The van der Waals surface area contributed by atoms with E-state index in [-0.39, 0.29) is 23.8 Å². The van der Waals surface area contributed by atoms with Gasteiger partial charge in [0.1, 0.15) is 0 Å². The Morgan fingerprint density at radius 3 is 2.67 bits per heavy atom. The standard InChI is InChI=1S/C18H23F3N2O/c1-11-9-14(7-8-22-11)17(24)23-16(12-5-6-12)13-3-2-4-15(10-13)18(19,20)21/h2-4,10-12,14,16,22H,5-9H2,1H3,(H,23,24)/t11-,14-,16?/m0/s1. The van der Waals surface area contributed by atoms with Crippen LogP contribution in [0.1, 0.15) is 49.8 Å². The maximum absolute atomic E-state index is 13.0. The average Bonchev–Trinajstić information content (AvgIpc) is 3.36. The van der Waals surface area contributed by atoms with Crippen molar-refractivity contribution in [1.82, 2.24) is 10.6 Å². The second-order valence-corrected chi connectivity index (χ2v) is 7.02. The fraction of sp³-hybridized carbons (Fsp3) is 0.611. The number of carbonyl (C=O) groups is 1. The third-order valence-electron chi connectivity index (χ3n) is 4.96. The molecule has 3 atom stereocenters. The lowest BCUT2D eigenvalue weighted by Crippen LogP contribution is -2.43. The van der Waals surface area contributed by atoms with Crippen LogP contribution in [0.3, 0.4) is 0 Å². The van der Waals surface area contributed by atoms with E-state index in [0.29, 0.717) is 11.6 Å². The van der Waals surface area contributed by atoms with Crippen LogP contribution >= 0.6 is 0 Å². The average molecular weight is 340 g/mol. The van der Waals surface area contributed by atoms with E-state index >= 15 is 0 Å². The van der Waals surface area contributed by atoms with E-state index in [0.717, 1.165) is 38.3 Å². The van der Waals surface area contributed by atoms with Gasteiger partial charge in [-0.1, -0.05) is 12.1 Å². The first-order chi connectivity index (χ1) is 11.3. The van der Waals surface area contributed by atoms with Crippen LogP contribution in [0.15, 0.2) is 24.3 Å². The summed E-state index contributed by atoms with van der Waals surface area (Å²) in [7, 11) is 0. The molecule has 1 saturated heterocycles. The summed E-state index contributed by atoms with van der Waals surface area (Å²) in [5.74, 6) is 0.155. The van der Waals surface area contributed by atoms with Gasteiger partial charge >= 0.3 is 6.18 Å². The number of amides is 1. The van der Waals surface area contributed by atoms with Crippen molar-refractivity contribution in [2.75, 3.05) is 6.54 Å². The molecule has 0 radical (unpaired) electrons. The lowest BCUT2D eigenvalue weighted by Gasteiger charge is -2.29. The molecule has 6 heteroatoms. The van der Waals surface area contributed by atoms with Crippen LogP contribution in [0, 0.1) is 11.8 Å². The van der Waals surface area contributed by atoms with Crippen LogP contribution < -0.4 is 10.6 Å². The van der Waals surface area contributed by atoms with Crippen LogP contribution in [0.4, 0.5) is 13.2 Å². The van der Waals surface area contributed by atoms with Crippen LogP contribution in [-0.4, -0.2) is 18.5 Å². The molecule has 1 saturated carbocycles. The van der Waals surface area contributed by atoms with Gasteiger partial charge in [0.15, 0.2) is 0 Å². The zero-order valence-electron chi connectivity index (χ0n) is 13.7. The highest BCUT2D eigenvalue weighted by atomic mass is 19.4. The van der Waals surface area contributed by atoms with Gasteiger partial charge < -0.3 is 10.6 Å². The van der Waals surface area contributed by atoms with E-state index < -0.39 is 11.7 Å². The van der Waals surface area contributed by atoms with Gasteiger partial charge in [-0.15, -0.1) is 0 Å². The Balaban J connectivity index is 1.75. The molecule has 3 rings (SSSR count). The van der Waals surface area contributed by atoms with Gasteiger partial charge in [0.2, 0.25) is 5.91 Å². The van der Waals surface area contributed by atoms with Gasteiger partial charge in [0.25, 0.3) is 0 Å². The second kappa shape index (κ2) is 6.75. The van der Waals surface area contributed by atoms with E-state index in [1.165, 1.54) is 12.1 Å². The van der Waals surface area contributed by atoms with E-state index in [4.69, 9.17) is 0 Å². The molecule has 0 aromatic heterocycles. The molecule has 1 heterocycles. The predicted octanol–water partition coefficient (Wildman–Crippen LogP) is 3.66. The molecule has 2 aliphatic rings. The van der Waals surface area contributed by atoms with Crippen molar-refractivity contribution < 1.29 is 18.0 Å². The largest absolute Gasteiger partial charge is 0.416 e. The number of carbonyl (C=O) groups excluding carboxylic acids is 1. The first-order valence-electron chi connectivity index (χ1n) is 8.55. The summed E-state index contributed by atoms with van der Waals surface area (Å²) in [5.41, 5.74) is -0.0990. The fourth-order valence-electron chi connectivity index (χ4n) is 3.45. The van der Waals surface area contributed by atoms with Gasteiger partial charge in [-0.2, -0.15) is 13.2 Å². The van der Waals surface area contributed by atoms with Crippen molar-refractivity contribution in [1.29, 1.82) is 0 Å². The minimum Gasteiger partial charge on any atom is -0.349 e. The molecule has 0 bridgehead atoms. The molecule has 3 nitrogen and oxygen atoms in total. The number of benzene rings is 1. The van der Waals surface area contributed by atoms with Crippen molar-refractivity contribution in [3.05, 3.63) is 35.4 Å². The molecular formula is C18H23F3N2O. The lowest BCUT2D eigenvalue weighted by atomic mass is 9.91. The minimum atomic E-state index is -4.36. The first-order valence-corrected chi connectivity index (χ1v) is 8.55. The smallest absolute Gasteiger partial charge is 0.349 e. The summed E-state index contributed by atoms with van der Waals surface area (Å²) in [4.78, 5) is 12.6. The zero-order chi connectivity index (χ0) is 17.3. The Bertz CT molecular complexity index is 598. The molecule has 2 fully saturated rings. The Kier molecular flexibility index (Phi) is 4.85. The second-order valence-electron chi connectivity index (χ2n) is 7.02. The van der Waals surface area contributed by atoms with Crippen molar-refractivity contribution in [3.8, 4) is 0 Å². The highest BCUT2D eigenvalue weighted by Crippen LogP contribution is 2.42. The van der Waals surface area contributed by atoms with Crippen LogP contribution in [0.25, 0.3) is 0 Å². The number of alkyl halides is 3. The highest BCUT2D eigenvalue weighted by molar-refractivity contribution is 5.79. The highest BCUT2D eigenvalue weighted by Gasteiger charge is 2.37. The third kappa shape index (κ3) is 4.09. The van der Waals surface area contributed by atoms with Crippen molar-refractivity contribution >= 4 is 5.91 Å². The zero-order valence-corrected chi connectivity index (χ0v) is 13.7. The molecule has 24 heavy (non-hydrogen) atoms. The van der Waals surface area contributed by atoms with Crippen molar-refractivity contribution in [3.63, 3.8) is 0 Å². The summed E-state index contributed by atoms with van der Waals surface area (Å²) in [6.45, 7) is 2.85. The molecule has 1 amide bonds. The maximum Gasteiger partial charge on any atom is 0.416 e. The van der Waals surface area contributed by atoms with Crippen molar-refractivity contribution in [2.45, 2.75) is 50.9 Å². The molecule has 0 spiro atoms. The summed E-state index contributed by atoms with van der Waals surface area (Å²) in [6.07, 6.45) is -0.922. The van der Waals surface area contributed by atoms with Crippen LogP contribution in [-0.2, 0) is 11.0 Å². The van der Waals surface area contributed by atoms with Crippen LogP contribution in [0.2, 0.25) is 0 Å². The topological polar surface area (TPSA) is 41.1 Å². The lowest BCUT2D eigenvalue weighted by molar-refractivity contribution is -0.137. The van der Waals surface area contributed by atoms with Gasteiger partial charge in [0.05, 0.1) is 11.6 Å². The molecule has 1 aromatic carbocycles. The number of nitrogens with one attached hydrogen (secondary N) is 2. The minimum absolute atomic E-state index is 0.0299. The third-order valence-corrected chi connectivity index (χ3v) is 4.96. The summed E-state index contributed by atoms with van der Waals surface area (Å²) < 4.78 is 38.9. The van der Waals surface area contributed by atoms with Gasteiger partial charge in [-0.3, -0.25) is 4.79 Å². The maximum atomic E-state index is 13.0. The van der Waals surface area contributed by atoms with Gasteiger partial charge in [-0.25, -0.2) is 0 Å². The quantitative estimate of drug-likeness (QED) is 0.878. The molecule has 2 N–H and O–H groups in total. The Labute approximate surface area is 140 Å². The first kappa shape index (κ1) is 17.3. The fourth-order valence-corrected chi connectivity index (χ4v) is 3.45. The Hall–Kier alpha value is -1.56. The number of hydrogen-bond acceptors (Lipinski definition) is 2. The molecule has 1 unspecified atom stereocenters. The SMILES string of the molecule is C[C@H]1C[C@@H](C(=O)NC(c2cccc(C(F)(F)F)c2)C2CC2)CCN1. The molecule has 1 aliphatic carbocycles. The summed E-state index contributed by atoms with van der Waals surface area (Å²) >= 11 is 0. The molecule has 1 aromatic rings. The number of rotatable bonds is 4. The molecule has 1 aliphatic heterocycles. The monoisotopic (exact) mass is 340 g/mol. The van der Waals surface area contributed by atoms with E-state index in [1.54, 1.807) is 6.07 Å². The van der Waals surface area contributed by atoms with E-state index in [9.17, 15) is 18.0 Å². The Morgan fingerprint density at radius 1 is 1.29 bits per heavy atom. The summed E-state index contributed by atoms with van der Waals surface area (Å²) in [5, 5.41) is 6.34. The normalized spacial score (nSPS) is 26.0. The van der Waals surface area contributed by atoms with Crippen molar-refractivity contribution in [2.24, 2.45) is 11.8 Å². The number of piperidine rings is 1. The van der Waals surface area contributed by atoms with E-state index in [1.807, 2.05) is 6.92 Å². The van der Waals surface area contributed by atoms with Gasteiger partial charge in [0, 0.05) is 12.0 Å². The number of hydrogen-bond donors (Lipinski definition) is 2. The van der Waals surface area contributed by atoms with Crippen LogP contribution in [0.5, 0.6) is 0 Å². The van der Waals surface area contributed by atoms with E-state index in [2.05, 4.69) is 10.6 Å². The number of halogens is 3. The van der Waals surface area contributed by atoms with Gasteiger partial charge in [-0.05, 0) is 62.8 Å².